The van der Waals surface area contributed by atoms with Crippen molar-refractivity contribution in [2.24, 2.45) is 0 Å². The van der Waals surface area contributed by atoms with Gasteiger partial charge in [-0.2, -0.15) is 0 Å². The zero-order valence-corrected chi connectivity index (χ0v) is 17.5. The predicted molar refractivity (Wildman–Crippen MR) is 121 cm³/mol. The summed E-state index contributed by atoms with van der Waals surface area (Å²) in [7, 11) is -0.0965. The summed E-state index contributed by atoms with van der Waals surface area (Å²) in [5, 5.41) is 1.65. The van der Waals surface area contributed by atoms with E-state index in [9.17, 15) is 0 Å². The van der Waals surface area contributed by atoms with Gasteiger partial charge in [-0.25, -0.2) is 0 Å². The number of hydrogen-bond donors (Lipinski definition) is 0. The van der Waals surface area contributed by atoms with Gasteiger partial charge in [0.25, 0.3) is 0 Å². The number of rotatable bonds is 5. The van der Waals surface area contributed by atoms with Gasteiger partial charge in [-0.3, -0.25) is 0 Å². The van der Waals surface area contributed by atoms with Crippen LogP contribution in [0.15, 0.2) is 61.2 Å². The molecule has 0 unspecified atom stereocenters. The predicted octanol–water partition coefficient (Wildman–Crippen LogP) is 7.52. The van der Waals surface area contributed by atoms with Crippen molar-refractivity contribution in [2.75, 3.05) is 0 Å². The molecule has 2 aliphatic rings. The maximum Gasteiger partial charge on any atom is -0.0107 e. The van der Waals surface area contributed by atoms with E-state index >= 15 is 0 Å². The molecule has 0 spiro atoms. The van der Waals surface area contributed by atoms with Crippen molar-refractivity contribution in [1.29, 1.82) is 0 Å². The average molecular weight is 377 g/mol. The van der Waals surface area contributed by atoms with Gasteiger partial charge in [0.15, 0.2) is 0 Å². The summed E-state index contributed by atoms with van der Waals surface area (Å²) in [6.07, 6.45) is 14.5. The van der Waals surface area contributed by atoms with Crippen LogP contribution in [0.1, 0.15) is 75.3 Å². The topological polar surface area (TPSA) is 0 Å². The second-order valence-corrected chi connectivity index (χ2v) is 11.1. The zero-order valence-electron chi connectivity index (χ0n) is 16.6. The molecule has 2 aromatic rings. The summed E-state index contributed by atoms with van der Waals surface area (Å²) in [4.78, 5) is 0. The summed E-state index contributed by atoms with van der Waals surface area (Å²) in [5.74, 6) is 0. The van der Waals surface area contributed by atoms with E-state index in [-0.39, 0.29) is 7.92 Å². The Morgan fingerprint density at radius 1 is 0.667 bits per heavy atom. The second kappa shape index (κ2) is 9.20. The Morgan fingerprint density at radius 3 is 1.78 bits per heavy atom. The normalized spacial score (nSPS) is 19.3. The Morgan fingerprint density at radius 2 is 1.19 bits per heavy atom. The first-order valence-corrected chi connectivity index (χ1v) is 12.4. The fourth-order valence-corrected chi connectivity index (χ4v) is 9.13. The lowest BCUT2D eigenvalue weighted by Gasteiger charge is -2.39. The summed E-state index contributed by atoms with van der Waals surface area (Å²) in [5.41, 5.74) is 5.77. The van der Waals surface area contributed by atoms with Gasteiger partial charge in [0.1, 0.15) is 0 Å². The Hall–Kier alpha value is -1.39. The van der Waals surface area contributed by atoms with Gasteiger partial charge in [0.2, 0.25) is 0 Å². The minimum absolute atomic E-state index is 0.0965. The molecule has 1 heteroatoms. The van der Waals surface area contributed by atoms with Crippen LogP contribution in [0.3, 0.4) is 0 Å². The minimum Gasteiger partial charge on any atom is -0.0905 e. The molecule has 0 heterocycles. The smallest absolute Gasteiger partial charge is 0.0107 e. The molecule has 0 aromatic heterocycles. The first kappa shape index (κ1) is 18.9. The van der Waals surface area contributed by atoms with E-state index in [0.29, 0.717) is 0 Å². The summed E-state index contributed by atoms with van der Waals surface area (Å²) >= 11 is 0. The van der Waals surface area contributed by atoms with E-state index in [1.54, 1.807) is 5.30 Å². The molecule has 0 nitrogen and oxygen atoms in total. The van der Waals surface area contributed by atoms with Crippen LogP contribution in [0.5, 0.6) is 0 Å². The van der Waals surface area contributed by atoms with Crippen LogP contribution < -0.4 is 5.30 Å². The molecule has 0 atom stereocenters. The van der Waals surface area contributed by atoms with Crippen LogP contribution in [0, 0.1) is 0 Å². The maximum absolute atomic E-state index is 4.54. The van der Waals surface area contributed by atoms with Crippen molar-refractivity contribution >= 4 is 18.8 Å². The minimum atomic E-state index is -0.0965. The highest BCUT2D eigenvalue weighted by atomic mass is 31.1. The Labute approximate surface area is 166 Å². The van der Waals surface area contributed by atoms with Gasteiger partial charge < -0.3 is 0 Å². The third-order valence-corrected chi connectivity index (χ3v) is 10.1. The lowest BCUT2D eigenvalue weighted by molar-refractivity contribution is 0.487. The summed E-state index contributed by atoms with van der Waals surface area (Å²) in [6, 6.07) is 20.1. The SMILES string of the molecule is C=C(c1ccccc1)c1ccccc1P(C1CCCCC1)C1CCCCC1. The molecule has 0 radical (unpaired) electrons. The van der Waals surface area contributed by atoms with Crippen molar-refractivity contribution in [1.82, 2.24) is 0 Å². The van der Waals surface area contributed by atoms with E-state index in [0.717, 1.165) is 11.3 Å². The fraction of sp³-hybridized carbons (Fsp3) is 0.462. The van der Waals surface area contributed by atoms with Crippen molar-refractivity contribution in [2.45, 2.75) is 75.5 Å². The van der Waals surface area contributed by atoms with Crippen LogP contribution in [0.25, 0.3) is 5.57 Å². The highest BCUT2D eigenvalue weighted by molar-refractivity contribution is 7.67. The third-order valence-electron chi connectivity index (χ3n) is 6.57. The van der Waals surface area contributed by atoms with E-state index in [4.69, 9.17) is 0 Å². The van der Waals surface area contributed by atoms with Crippen molar-refractivity contribution in [3.05, 3.63) is 72.3 Å². The van der Waals surface area contributed by atoms with Crippen LogP contribution in [-0.4, -0.2) is 11.3 Å². The second-order valence-electron chi connectivity index (χ2n) is 8.35. The molecule has 4 rings (SSSR count). The van der Waals surface area contributed by atoms with E-state index < -0.39 is 0 Å². The van der Waals surface area contributed by atoms with Crippen molar-refractivity contribution in [3.63, 3.8) is 0 Å². The molecule has 2 aromatic carbocycles. The molecule has 0 aliphatic heterocycles. The monoisotopic (exact) mass is 376 g/mol. The van der Waals surface area contributed by atoms with Crippen LogP contribution in [0.2, 0.25) is 0 Å². The van der Waals surface area contributed by atoms with Crippen molar-refractivity contribution < 1.29 is 0 Å². The van der Waals surface area contributed by atoms with Gasteiger partial charge in [0, 0.05) is 0 Å². The molecule has 2 saturated carbocycles. The number of benzene rings is 2. The Balaban J connectivity index is 1.72. The molecular weight excluding hydrogens is 343 g/mol. The highest BCUT2D eigenvalue weighted by Gasteiger charge is 2.33. The van der Waals surface area contributed by atoms with E-state index in [1.165, 1.54) is 80.9 Å². The van der Waals surface area contributed by atoms with Gasteiger partial charge in [-0.05, 0) is 59.0 Å². The molecule has 0 amide bonds. The van der Waals surface area contributed by atoms with Crippen molar-refractivity contribution in [3.8, 4) is 0 Å². The standard InChI is InChI=1S/C26H33P/c1-21(22-13-5-2-6-14-22)25-19-11-12-20-26(25)27(23-15-7-3-8-16-23)24-17-9-4-10-18-24/h2,5-6,11-14,19-20,23-24H,1,3-4,7-10,15-18H2. The molecule has 27 heavy (non-hydrogen) atoms. The molecule has 142 valence electrons. The largest absolute Gasteiger partial charge is 0.0905 e. The van der Waals surface area contributed by atoms with Gasteiger partial charge >= 0.3 is 0 Å². The first-order chi connectivity index (χ1) is 13.3. The molecule has 2 fully saturated rings. The van der Waals surface area contributed by atoms with Crippen LogP contribution >= 0.6 is 7.92 Å². The fourth-order valence-electron chi connectivity index (χ4n) is 5.16. The number of hydrogen-bond acceptors (Lipinski definition) is 0. The highest BCUT2D eigenvalue weighted by Crippen LogP contribution is 2.55. The van der Waals surface area contributed by atoms with E-state index in [2.05, 4.69) is 61.2 Å². The lowest BCUT2D eigenvalue weighted by atomic mass is 9.99. The average Bonchev–Trinajstić information content (AvgIpc) is 2.76. The van der Waals surface area contributed by atoms with Gasteiger partial charge in [0.05, 0.1) is 0 Å². The maximum atomic E-state index is 4.54. The molecule has 0 saturated heterocycles. The molecule has 0 bridgehead atoms. The van der Waals surface area contributed by atoms with Crippen LogP contribution in [-0.2, 0) is 0 Å². The lowest BCUT2D eigenvalue weighted by Crippen LogP contribution is -2.27. The summed E-state index contributed by atoms with van der Waals surface area (Å²) < 4.78 is 0. The first-order valence-electron chi connectivity index (χ1n) is 11.0. The Bertz CT molecular complexity index is 718. The third kappa shape index (κ3) is 4.38. The van der Waals surface area contributed by atoms with E-state index in [1.807, 2.05) is 0 Å². The molecule has 2 aliphatic carbocycles. The van der Waals surface area contributed by atoms with Crippen LogP contribution in [0.4, 0.5) is 0 Å². The zero-order chi connectivity index (χ0) is 18.5. The molecular formula is C26H33P. The van der Waals surface area contributed by atoms with Gasteiger partial charge in [-0.15, -0.1) is 0 Å². The molecule has 0 N–H and O–H groups in total. The van der Waals surface area contributed by atoms with Gasteiger partial charge in [-0.1, -0.05) is 108 Å². The summed E-state index contributed by atoms with van der Waals surface area (Å²) in [6.45, 7) is 4.54. The quantitative estimate of drug-likeness (QED) is 0.473. The Kier molecular flexibility index (Phi) is 6.46.